The number of β-amino-alcohol motifs (C(OH)–C–C–N with tert-alkyl or cyclic N) is 1. The smallest absolute Gasteiger partial charge is 0.0809 e. The highest BCUT2D eigenvalue weighted by molar-refractivity contribution is 5.27. The van der Waals surface area contributed by atoms with Crippen molar-refractivity contribution in [3.63, 3.8) is 0 Å². The molecule has 6 aliphatic rings. The van der Waals surface area contributed by atoms with E-state index in [4.69, 9.17) is 0 Å². The van der Waals surface area contributed by atoms with Crippen molar-refractivity contribution < 1.29 is 10.2 Å². The van der Waals surface area contributed by atoms with E-state index in [1.165, 1.54) is 57.9 Å². The first-order valence-electron chi connectivity index (χ1n) is 10.7. The van der Waals surface area contributed by atoms with Crippen LogP contribution in [0.4, 0.5) is 0 Å². The summed E-state index contributed by atoms with van der Waals surface area (Å²) in [7, 11) is 0. The second-order valence-electron chi connectivity index (χ2n) is 10.5. The minimum absolute atomic E-state index is 0.114. The predicted octanol–water partition coefficient (Wildman–Crippen LogP) is 3.21. The summed E-state index contributed by atoms with van der Waals surface area (Å²) in [6.07, 6.45) is 10.0. The van der Waals surface area contributed by atoms with E-state index in [0.29, 0.717) is 22.7 Å². The van der Waals surface area contributed by atoms with Crippen molar-refractivity contribution in [1.82, 2.24) is 4.90 Å². The normalized spacial score (nSPS) is 54.9. The molecular weight excluding hydrogens is 310 g/mol. The first-order valence-corrected chi connectivity index (χ1v) is 10.7. The molecule has 0 aromatic heterocycles. The number of likely N-dealkylation sites (tertiary alicyclic amines) is 1. The number of aliphatic hydroxyl groups excluding tert-OH is 2. The Morgan fingerprint density at radius 1 is 1.08 bits per heavy atom. The van der Waals surface area contributed by atoms with Crippen molar-refractivity contribution in [2.75, 3.05) is 26.2 Å². The van der Waals surface area contributed by atoms with Gasteiger partial charge in [0.05, 0.1) is 12.7 Å². The standard InChI is InChI=1S/C22H35NO2/c1-15-16-4-8-21(19(15)25)9-5-17-20(2)6-3-7-22(17,18(21)12-16)14-23(13-20)10-11-24/h16-19,24-25H,1,3-14H2,2H3/t16?,17?,18-,19-,20+,21-,22+/m1/s1. The molecule has 6 rings (SSSR count). The molecule has 0 aromatic rings. The van der Waals surface area contributed by atoms with Gasteiger partial charge in [0.15, 0.2) is 0 Å². The molecule has 1 spiro atoms. The first kappa shape index (κ1) is 16.8. The van der Waals surface area contributed by atoms with Crippen LogP contribution in [0.1, 0.15) is 58.3 Å². The van der Waals surface area contributed by atoms with Gasteiger partial charge in [0.1, 0.15) is 0 Å². The van der Waals surface area contributed by atoms with Crippen LogP contribution in [0.3, 0.4) is 0 Å². The summed E-state index contributed by atoms with van der Waals surface area (Å²) in [5.41, 5.74) is 2.05. The Morgan fingerprint density at radius 2 is 1.88 bits per heavy atom. The Bertz CT molecular complexity index is 591. The molecule has 0 amide bonds. The number of piperidine rings is 1. The molecule has 0 aromatic carbocycles. The van der Waals surface area contributed by atoms with Crippen molar-refractivity contribution in [3.8, 4) is 0 Å². The van der Waals surface area contributed by atoms with Crippen LogP contribution in [0.2, 0.25) is 0 Å². The van der Waals surface area contributed by atoms with E-state index < -0.39 is 0 Å². The summed E-state index contributed by atoms with van der Waals surface area (Å²) in [5, 5.41) is 20.8. The highest BCUT2D eigenvalue weighted by Crippen LogP contribution is 2.73. The van der Waals surface area contributed by atoms with Crippen LogP contribution >= 0.6 is 0 Å². The molecule has 0 radical (unpaired) electrons. The summed E-state index contributed by atoms with van der Waals surface area (Å²) in [4.78, 5) is 2.57. The minimum atomic E-state index is -0.262. The van der Waals surface area contributed by atoms with E-state index in [9.17, 15) is 10.2 Å². The van der Waals surface area contributed by atoms with Gasteiger partial charge in [0.2, 0.25) is 0 Å². The maximum atomic E-state index is 11.2. The Kier molecular flexibility index (Phi) is 3.57. The fraction of sp³-hybridized carbons (Fsp3) is 0.909. The van der Waals surface area contributed by atoms with Gasteiger partial charge in [-0.2, -0.15) is 0 Å². The third-order valence-electron chi connectivity index (χ3n) is 9.63. The number of hydrogen-bond donors (Lipinski definition) is 2. The number of hydrogen-bond acceptors (Lipinski definition) is 3. The van der Waals surface area contributed by atoms with Crippen LogP contribution in [-0.2, 0) is 0 Å². The lowest BCUT2D eigenvalue weighted by atomic mass is 9.35. The van der Waals surface area contributed by atoms with Gasteiger partial charge in [-0.15, -0.1) is 0 Å². The predicted molar refractivity (Wildman–Crippen MR) is 99.1 cm³/mol. The Balaban J connectivity index is 1.59. The molecule has 1 saturated heterocycles. The fourth-order valence-electron chi connectivity index (χ4n) is 8.86. The minimum Gasteiger partial charge on any atom is -0.395 e. The lowest BCUT2D eigenvalue weighted by molar-refractivity contribution is -0.240. The molecule has 7 atom stereocenters. The average molecular weight is 346 g/mol. The second kappa shape index (κ2) is 5.33. The van der Waals surface area contributed by atoms with E-state index in [-0.39, 0.29) is 18.1 Å². The molecule has 3 nitrogen and oxygen atoms in total. The number of fused-ring (bicyclic) bond motifs is 2. The number of rotatable bonds is 2. The molecule has 140 valence electrons. The van der Waals surface area contributed by atoms with Gasteiger partial charge in [-0.1, -0.05) is 19.9 Å². The fourth-order valence-corrected chi connectivity index (χ4v) is 8.86. The van der Waals surface area contributed by atoms with Crippen molar-refractivity contribution in [1.29, 1.82) is 0 Å². The molecule has 2 unspecified atom stereocenters. The summed E-state index contributed by atoms with van der Waals surface area (Å²) >= 11 is 0. The summed E-state index contributed by atoms with van der Waals surface area (Å²) < 4.78 is 0. The molecule has 2 N–H and O–H groups in total. The zero-order chi connectivity index (χ0) is 17.4. The lowest BCUT2D eigenvalue weighted by Gasteiger charge is -2.73. The second-order valence-corrected chi connectivity index (χ2v) is 10.5. The molecule has 25 heavy (non-hydrogen) atoms. The van der Waals surface area contributed by atoms with Gasteiger partial charge in [-0.25, -0.2) is 0 Å². The Labute approximate surface area is 152 Å². The maximum absolute atomic E-state index is 11.2. The summed E-state index contributed by atoms with van der Waals surface area (Å²) in [6, 6.07) is 0. The molecule has 1 heterocycles. The van der Waals surface area contributed by atoms with Crippen LogP contribution in [0.25, 0.3) is 0 Å². The average Bonchev–Trinajstić information content (AvgIpc) is 2.58. The number of aliphatic hydroxyl groups is 2. The monoisotopic (exact) mass is 345 g/mol. The van der Waals surface area contributed by atoms with Crippen molar-refractivity contribution >= 4 is 0 Å². The van der Waals surface area contributed by atoms with Crippen LogP contribution in [0.15, 0.2) is 12.2 Å². The van der Waals surface area contributed by atoms with E-state index in [1.54, 1.807) is 0 Å². The molecule has 4 bridgehead atoms. The van der Waals surface area contributed by atoms with Gasteiger partial charge in [0.25, 0.3) is 0 Å². The van der Waals surface area contributed by atoms with E-state index in [0.717, 1.165) is 24.6 Å². The third-order valence-corrected chi connectivity index (χ3v) is 9.63. The quantitative estimate of drug-likeness (QED) is 0.755. The maximum Gasteiger partial charge on any atom is 0.0809 e. The van der Waals surface area contributed by atoms with Crippen molar-refractivity contribution in [3.05, 3.63) is 12.2 Å². The van der Waals surface area contributed by atoms with E-state index in [2.05, 4.69) is 18.4 Å². The van der Waals surface area contributed by atoms with Crippen LogP contribution in [0.5, 0.6) is 0 Å². The van der Waals surface area contributed by atoms with Crippen LogP contribution < -0.4 is 0 Å². The molecule has 5 aliphatic carbocycles. The molecule has 1 aliphatic heterocycles. The Morgan fingerprint density at radius 3 is 2.68 bits per heavy atom. The third kappa shape index (κ3) is 1.98. The topological polar surface area (TPSA) is 43.7 Å². The van der Waals surface area contributed by atoms with Crippen molar-refractivity contribution in [2.24, 2.45) is 34.0 Å². The van der Waals surface area contributed by atoms with Gasteiger partial charge in [-0.05, 0) is 79.1 Å². The van der Waals surface area contributed by atoms with E-state index >= 15 is 0 Å². The van der Waals surface area contributed by atoms with Gasteiger partial charge in [0, 0.05) is 25.0 Å². The zero-order valence-corrected chi connectivity index (χ0v) is 15.8. The highest BCUT2D eigenvalue weighted by Gasteiger charge is 2.69. The molecule has 6 fully saturated rings. The zero-order valence-electron chi connectivity index (χ0n) is 15.8. The largest absolute Gasteiger partial charge is 0.395 e. The summed E-state index contributed by atoms with van der Waals surface area (Å²) in [5.74, 6) is 2.04. The first-order chi connectivity index (χ1) is 12.0. The number of nitrogens with zero attached hydrogens (tertiary/aromatic N) is 1. The lowest BCUT2D eigenvalue weighted by Crippen LogP contribution is -2.71. The Hall–Kier alpha value is -0.380. The van der Waals surface area contributed by atoms with E-state index in [1.807, 2.05) is 0 Å². The summed E-state index contributed by atoms with van der Waals surface area (Å²) in [6.45, 7) is 10.3. The molecule has 3 heteroatoms. The van der Waals surface area contributed by atoms with Crippen LogP contribution in [0, 0.1) is 34.0 Å². The van der Waals surface area contributed by atoms with Gasteiger partial charge in [-0.3, -0.25) is 4.90 Å². The molecular formula is C22H35NO2. The van der Waals surface area contributed by atoms with Crippen LogP contribution in [-0.4, -0.2) is 47.5 Å². The van der Waals surface area contributed by atoms with Crippen molar-refractivity contribution in [2.45, 2.75) is 64.4 Å². The SMILES string of the molecule is C=C1C2CC[C@]3(CCC4[C@@]5(C)CCC[C@@]4(CN(CCO)C5)[C@@H]3C2)[C@@H]1O. The molecule has 5 saturated carbocycles. The van der Waals surface area contributed by atoms with Gasteiger partial charge >= 0.3 is 0 Å². The highest BCUT2D eigenvalue weighted by atomic mass is 16.3. The van der Waals surface area contributed by atoms with Gasteiger partial charge < -0.3 is 10.2 Å².